The van der Waals surface area contributed by atoms with Gasteiger partial charge in [-0.15, -0.1) is 0 Å². The van der Waals surface area contributed by atoms with Crippen LogP contribution in [0, 0.1) is 0 Å². The molecule has 1 fully saturated rings. The summed E-state index contributed by atoms with van der Waals surface area (Å²) in [7, 11) is 0. The lowest BCUT2D eigenvalue weighted by Crippen LogP contribution is -2.35. The summed E-state index contributed by atoms with van der Waals surface area (Å²) in [5, 5.41) is 4.03. The molecule has 2 rings (SSSR count). The molecule has 118 valence electrons. The number of pyridine rings is 1. The number of rotatable bonds is 6. The standard InChI is InChI=1S/C16H25ClN2O2/c1-4-5-18-9-13-8-16(19-10-15(13)17)21-14-6-11(2)20-12(3)7-14/h8,10-12,14,18H,4-7,9H2,1-3H3. The van der Waals surface area contributed by atoms with Gasteiger partial charge in [0.1, 0.15) is 6.10 Å². The highest BCUT2D eigenvalue weighted by atomic mass is 35.5. The zero-order chi connectivity index (χ0) is 15.2. The predicted molar refractivity (Wildman–Crippen MR) is 84.9 cm³/mol. The van der Waals surface area contributed by atoms with E-state index in [9.17, 15) is 0 Å². The van der Waals surface area contributed by atoms with Crippen molar-refractivity contribution in [2.75, 3.05) is 6.54 Å². The van der Waals surface area contributed by atoms with E-state index in [1.165, 1.54) is 0 Å². The van der Waals surface area contributed by atoms with Crippen LogP contribution in [-0.4, -0.2) is 29.8 Å². The second-order valence-electron chi connectivity index (χ2n) is 5.76. The monoisotopic (exact) mass is 312 g/mol. The maximum Gasteiger partial charge on any atom is 0.213 e. The van der Waals surface area contributed by atoms with Gasteiger partial charge in [0.05, 0.1) is 17.2 Å². The fourth-order valence-electron chi connectivity index (χ4n) is 2.67. The van der Waals surface area contributed by atoms with E-state index >= 15 is 0 Å². The Morgan fingerprint density at radius 3 is 2.76 bits per heavy atom. The average Bonchev–Trinajstić information content (AvgIpc) is 2.41. The molecule has 0 amide bonds. The maximum absolute atomic E-state index is 6.19. The van der Waals surface area contributed by atoms with E-state index in [0.29, 0.717) is 10.9 Å². The molecule has 0 bridgehead atoms. The van der Waals surface area contributed by atoms with Crippen LogP contribution >= 0.6 is 11.6 Å². The third kappa shape index (κ3) is 5.13. The summed E-state index contributed by atoms with van der Waals surface area (Å²) < 4.78 is 11.8. The van der Waals surface area contributed by atoms with Crippen molar-refractivity contribution in [2.45, 2.75) is 64.9 Å². The summed E-state index contributed by atoms with van der Waals surface area (Å²) in [5.74, 6) is 0.652. The van der Waals surface area contributed by atoms with Gasteiger partial charge in [0.2, 0.25) is 5.88 Å². The van der Waals surface area contributed by atoms with E-state index in [-0.39, 0.29) is 18.3 Å². The molecule has 1 aromatic heterocycles. The van der Waals surface area contributed by atoms with Crippen molar-refractivity contribution in [2.24, 2.45) is 0 Å². The topological polar surface area (TPSA) is 43.4 Å². The number of ether oxygens (including phenoxy) is 2. The first-order valence-corrected chi connectivity index (χ1v) is 8.13. The molecule has 1 aliphatic rings. The number of nitrogens with zero attached hydrogens (tertiary/aromatic N) is 1. The van der Waals surface area contributed by atoms with Crippen LogP contribution in [0.25, 0.3) is 0 Å². The summed E-state index contributed by atoms with van der Waals surface area (Å²) in [6.07, 6.45) is 5.20. The number of hydrogen-bond acceptors (Lipinski definition) is 4. The molecule has 0 aliphatic carbocycles. The van der Waals surface area contributed by atoms with Gasteiger partial charge in [-0.2, -0.15) is 0 Å². The zero-order valence-electron chi connectivity index (χ0n) is 13.1. The Hall–Kier alpha value is -0.840. The lowest BCUT2D eigenvalue weighted by molar-refractivity contribution is -0.0729. The van der Waals surface area contributed by atoms with E-state index < -0.39 is 0 Å². The second-order valence-corrected chi connectivity index (χ2v) is 6.17. The molecule has 2 atom stereocenters. The van der Waals surface area contributed by atoms with Gasteiger partial charge >= 0.3 is 0 Å². The molecule has 0 radical (unpaired) electrons. The van der Waals surface area contributed by atoms with E-state index in [1.807, 2.05) is 6.07 Å². The predicted octanol–water partition coefficient (Wildman–Crippen LogP) is 3.57. The Morgan fingerprint density at radius 1 is 1.38 bits per heavy atom. The largest absolute Gasteiger partial charge is 0.474 e. The zero-order valence-corrected chi connectivity index (χ0v) is 13.8. The Bertz CT molecular complexity index is 446. The van der Waals surface area contributed by atoms with E-state index in [4.69, 9.17) is 21.1 Å². The van der Waals surface area contributed by atoms with Crippen molar-refractivity contribution in [3.05, 3.63) is 22.8 Å². The van der Waals surface area contributed by atoms with Crippen molar-refractivity contribution in [1.29, 1.82) is 0 Å². The number of hydrogen-bond donors (Lipinski definition) is 1. The van der Waals surface area contributed by atoms with Gasteiger partial charge in [-0.25, -0.2) is 4.98 Å². The Kier molecular flexibility index (Phi) is 6.27. The maximum atomic E-state index is 6.19. The summed E-state index contributed by atoms with van der Waals surface area (Å²) in [6, 6.07) is 1.94. The van der Waals surface area contributed by atoms with Crippen molar-refractivity contribution >= 4 is 11.6 Å². The van der Waals surface area contributed by atoms with Gasteiger partial charge in [-0.05, 0) is 32.4 Å². The second kappa shape index (κ2) is 7.97. The molecule has 5 heteroatoms. The van der Waals surface area contributed by atoms with Crippen molar-refractivity contribution in [3.8, 4) is 5.88 Å². The van der Waals surface area contributed by atoms with Gasteiger partial charge in [0.25, 0.3) is 0 Å². The minimum absolute atomic E-state index is 0.161. The van der Waals surface area contributed by atoms with E-state index in [1.54, 1.807) is 6.20 Å². The molecule has 1 aliphatic heterocycles. The van der Waals surface area contributed by atoms with Crippen molar-refractivity contribution < 1.29 is 9.47 Å². The molecule has 2 heterocycles. The average molecular weight is 313 g/mol. The molecule has 21 heavy (non-hydrogen) atoms. The highest BCUT2D eigenvalue weighted by molar-refractivity contribution is 6.31. The molecule has 1 aromatic rings. The van der Waals surface area contributed by atoms with E-state index in [2.05, 4.69) is 31.1 Å². The van der Waals surface area contributed by atoms with E-state index in [0.717, 1.165) is 37.9 Å². The summed E-state index contributed by atoms with van der Waals surface area (Å²) in [6.45, 7) is 8.03. The quantitative estimate of drug-likeness (QED) is 0.816. The van der Waals surface area contributed by atoms with Gasteiger partial charge in [-0.3, -0.25) is 0 Å². The van der Waals surface area contributed by atoms with Crippen LogP contribution < -0.4 is 10.1 Å². The fraction of sp³-hybridized carbons (Fsp3) is 0.688. The van der Waals surface area contributed by atoms with Crippen molar-refractivity contribution in [1.82, 2.24) is 10.3 Å². The normalized spacial score (nSPS) is 25.8. The lowest BCUT2D eigenvalue weighted by Gasteiger charge is -2.32. The molecule has 1 saturated heterocycles. The van der Waals surface area contributed by atoms with Crippen LogP contribution in [0.15, 0.2) is 12.3 Å². The van der Waals surface area contributed by atoms with Gasteiger partial charge in [0.15, 0.2) is 0 Å². The molecular weight excluding hydrogens is 288 g/mol. The number of nitrogens with one attached hydrogen (secondary N) is 1. The van der Waals surface area contributed by atoms with Gasteiger partial charge < -0.3 is 14.8 Å². The third-order valence-electron chi connectivity index (χ3n) is 3.59. The molecule has 0 saturated carbocycles. The van der Waals surface area contributed by atoms with Crippen LogP contribution in [0.3, 0.4) is 0 Å². The summed E-state index contributed by atoms with van der Waals surface area (Å²) in [5.41, 5.74) is 1.03. The Labute approximate surface area is 132 Å². The SMILES string of the molecule is CCCNCc1cc(OC2CC(C)OC(C)C2)ncc1Cl. The fourth-order valence-corrected chi connectivity index (χ4v) is 2.84. The van der Waals surface area contributed by atoms with Gasteiger partial charge in [-0.1, -0.05) is 18.5 Å². The van der Waals surface area contributed by atoms with Crippen LogP contribution in [0.4, 0.5) is 0 Å². The number of halogens is 1. The molecule has 2 unspecified atom stereocenters. The Morgan fingerprint density at radius 2 is 2.10 bits per heavy atom. The first-order chi connectivity index (χ1) is 10.1. The molecule has 4 nitrogen and oxygen atoms in total. The Balaban J connectivity index is 1.98. The highest BCUT2D eigenvalue weighted by Crippen LogP contribution is 2.25. The molecule has 1 N–H and O–H groups in total. The minimum atomic E-state index is 0.161. The summed E-state index contributed by atoms with van der Waals surface area (Å²) >= 11 is 6.19. The first kappa shape index (κ1) is 16.5. The lowest BCUT2D eigenvalue weighted by atomic mass is 10.0. The van der Waals surface area contributed by atoms with Crippen LogP contribution in [0.2, 0.25) is 5.02 Å². The smallest absolute Gasteiger partial charge is 0.213 e. The highest BCUT2D eigenvalue weighted by Gasteiger charge is 2.26. The summed E-state index contributed by atoms with van der Waals surface area (Å²) in [4.78, 5) is 4.29. The van der Waals surface area contributed by atoms with Crippen molar-refractivity contribution in [3.63, 3.8) is 0 Å². The molecule has 0 spiro atoms. The first-order valence-electron chi connectivity index (χ1n) is 7.75. The van der Waals surface area contributed by atoms with Crippen LogP contribution in [0.1, 0.15) is 45.6 Å². The van der Waals surface area contributed by atoms with Crippen LogP contribution in [-0.2, 0) is 11.3 Å². The molecule has 0 aromatic carbocycles. The molecular formula is C16H25ClN2O2. The van der Waals surface area contributed by atoms with Crippen LogP contribution in [0.5, 0.6) is 5.88 Å². The van der Waals surface area contributed by atoms with Gasteiger partial charge in [0, 0.05) is 31.6 Å². The minimum Gasteiger partial charge on any atom is -0.474 e. The third-order valence-corrected chi connectivity index (χ3v) is 3.93. The number of aromatic nitrogens is 1.